The maximum Gasteiger partial charge on any atom is 0.268 e. The van der Waals surface area contributed by atoms with E-state index in [-0.39, 0.29) is 11.8 Å². The van der Waals surface area contributed by atoms with Crippen LogP contribution in [-0.4, -0.2) is 23.4 Å². The molecule has 0 saturated carbocycles. The molecule has 5 nitrogen and oxygen atoms in total. The Morgan fingerprint density at radius 2 is 1.86 bits per heavy atom. The number of amides is 2. The minimum absolute atomic E-state index is 0.126. The summed E-state index contributed by atoms with van der Waals surface area (Å²) in [5.74, 6) is -0.266. The molecule has 2 aromatic rings. The van der Waals surface area contributed by atoms with Crippen molar-refractivity contribution in [1.29, 1.82) is 0 Å². The first-order valence-corrected chi connectivity index (χ1v) is 7.21. The van der Waals surface area contributed by atoms with Crippen LogP contribution in [0.4, 0.5) is 0 Å². The predicted molar refractivity (Wildman–Crippen MR) is 84.1 cm³/mol. The van der Waals surface area contributed by atoms with Crippen LogP contribution in [0.1, 0.15) is 26.4 Å². The molecule has 0 saturated heterocycles. The van der Waals surface area contributed by atoms with E-state index < -0.39 is 0 Å². The number of hydrogen-bond donors (Lipinski definition) is 2. The largest absolute Gasteiger partial charge is 0.355 e. The van der Waals surface area contributed by atoms with Gasteiger partial charge in [-0.3, -0.25) is 9.59 Å². The Hall–Kier alpha value is -2.08. The quantitative estimate of drug-likeness (QED) is 0.887. The Balaban J connectivity index is 1.98. The third-order valence-corrected chi connectivity index (χ3v) is 3.53. The summed E-state index contributed by atoms with van der Waals surface area (Å²) in [7, 11) is 3.41. The highest BCUT2D eigenvalue weighted by molar-refractivity contribution is 9.10. The molecule has 0 bridgehead atoms. The highest BCUT2D eigenvalue weighted by atomic mass is 79.9. The van der Waals surface area contributed by atoms with Gasteiger partial charge < -0.3 is 15.2 Å². The van der Waals surface area contributed by atoms with Crippen LogP contribution >= 0.6 is 15.9 Å². The number of rotatable bonds is 4. The fraction of sp³-hybridized carbons (Fsp3) is 0.200. The van der Waals surface area contributed by atoms with Crippen LogP contribution in [-0.2, 0) is 13.6 Å². The molecular formula is C15H16BrN3O2. The number of nitrogens with zero attached hydrogens (tertiary/aromatic N) is 1. The third kappa shape index (κ3) is 3.72. The highest BCUT2D eigenvalue weighted by Crippen LogP contribution is 2.13. The van der Waals surface area contributed by atoms with E-state index in [0.29, 0.717) is 17.8 Å². The summed E-state index contributed by atoms with van der Waals surface area (Å²) in [5, 5.41) is 5.42. The molecule has 0 aliphatic rings. The monoisotopic (exact) mass is 349 g/mol. The van der Waals surface area contributed by atoms with E-state index in [4.69, 9.17) is 0 Å². The summed E-state index contributed by atoms with van der Waals surface area (Å²) in [4.78, 5) is 23.5. The van der Waals surface area contributed by atoms with Crippen molar-refractivity contribution in [2.75, 3.05) is 7.05 Å². The second-order valence-corrected chi connectivity index (χ2v) is 5.53. The zero-order valence-corrected chi connectivity index (χ0v) is 13.4. The van der Waals surface area contributed by atoms with Gasteiger partial charge in [0.1, 0.15) is 5.69 Å². The highest BCUT2D eigenvalue weighted by Gasteiger charge is 2.10. The molecule has 6 heteroatoms. The number of nitrogens with one attached hydrogen (secondary N) is 2. The fourth-order valence-corrected chi connectivity index (χ4v) is 2.47. The molecule has 0 atom stereocenters. The van der Waals surface area contributed by atoms with Gasteiger partial charge in [0.2, 0.25) is 0 Å². The van der Waals surface area contributed by atoms with Crippen molar-refractivity contribution in [2.24, 2.45) is 7.05 Å². The molecular weight excluding hydrogens is 334 g/mol. The summed E-state index contributed by atoms with van der Waals surface area (Å²) in [6, 6.07) is 8.89. The summed E-state index contributed by atoms with van der Waals surface area (Å²) in [6.07, 6.45) is 1.83. The first-order valence-electron chi connectivity index (χ1n) is 6.42. The molecule has 0 aliphatic heterocycles. The third-order valence-electron chi connectivity index (χ3n) is 3.10. The van der Waals surface area contributed by atoms with Crippen LogP contribution in [0.25, 0.3) is 0 Å². The maximum absolute atomic E-state index is 12.1. The van der Waals surface area contributed by atoms with Crippen LogP contribution in [0.5, 0.6) is 0 Å². The lowest BCUT2D eigenvalue weighted by Gasteiger charge is -2.07. The van der Waals surface area contributed by atoms with Crippen LogP contribution in [0.2, 0.25) is 0 Å². The molecule has 0 spiro atoms. The first kappa shape index (κ1) is 15.3. The Morgan fingerprint density at radius 3 is 2.38 bits per heavy atom. The molecule has 0 aliphatic carbocycles. The van der Waals surface area contributed by atoms with Gasteiger partial charge in [0, 0.05) is 36.9 Å². The van der Waals surface area contributed by atoms with Crippen molar-refractivity contribution in [3.05, 3.63) is 57.8 Å². The lowest BCUT2D eigenvalue weighted by atomic mass is 10.1. The summed E-state index contributed by atoms with van der Waals surface area (Å²) >= 11 is 3.34. The molecule has 21 heavy (non-hydrogen) atoms. The second-order valence-electron chi connectivity index (χ2n) is 4.61. The minimum Gasteiger partial charge on any atom is -0.355 e. The second kappa shape index (κ2) is 6.58. The van der Waals surface area contributed by atoms with Crippen molar-refractivity contribution in [3.8, 4) is 0 Å². The van der Waals surface area contributed by atoms with Gasteiger partial charge >= 0.3 is 0 Å². The smallest absolute Gasteiger partial charge is 0.268 e. The van der Waals surface area contributed by atoms with Crippen LogP contribution in [0.3, 0.4) is 0 Å². The topological polar surface area (TPSA) is 63.1 Å². The van der Waals surface area contributed by atoms with Gasteiger partial charge in [0.15, 0.2) is 0 Å². The molecule has 0 radical (unpaired) electrons. The van der Waals surface area contributed by atoms with E-state index in [1.807, 2.05) is 25.4 Å². The van der Waals surface area contributed by atoms with Crippen LogP contribution in [0, 0.1) is 0 Å². The van der Waals surface area contributed by atoms with Crippen molar-refractivity contribution >= 4 is 27.7 Å². The van der Waals surface area contributed by atoms with Gasteiger partial charge in [-0.2, -0.15) is 0 Å². The minimum atomic E-state index is -0.140. The van der Waals surface area contributed by atoms with Crippen molar-refractivity contribution in [3.63, 3.8) is 0 Å². The van der Waals surface area contributed by atoms with E-state index in [9.17, 15) is 9.59 Å². The first-order chi connectivity index (χ1) is 10.0. The van der Waals surface area contributed by atoms with Crippen molar-refractivity contribution in [1.82, 2.24) is 15.2 Å². The average molecular weight is 350 g/mol. The van der Waals surface area contributed by atoms with Crippen LogP contribution < -0.4 is 10.6 Å². The lowest BCUT2D eigenvalue weighted by molar-refractivity contribution is 0.0939. The Bertz CT molecular complexity index is 662. The normalized spacial score (nSPS) is 10.2. The van der Waals surface area contributed by atoms with Gasteiger partial charge in [-0.25, -0.2) is 0 Å². The van der Waals surface area contributed by atoms with Gasteiger partial charge in [0.05, 0.1) is 0 Å². The summed E-state index contributed by atoms with van der Waals surface area (Å²) < 4.78 is 2.62. The van der Waals surface area contributed by atoms with Gasteiger partial charge in [0.25, 0.3) is 11.8 Å². The SMILES string of the molecule is CNC(=O)c1ccc(CNC(=O)c2cc(Br)cn2C)cc1. The van der Waals surface area contributed by atoms with E-state index in [1.165, 1.54) is 0 Å². The number of halogens is 1. The Labute approximate surface area is 131 Å². The van der Waals surface area contributed by atoms with E-state index in [0.717, 1.165) is 10.0 Å². The standard InChI is InChI=1S/C15H16BrN3O2/c1-17-14(20)11-5-3-10(4-6-11)8-18-15(21)13-7-12(16)9-19(13)2/h3-7,9H,8H2,1-2H3,(H,17,20)(H,18,21). The zero-order valence-electron chi connectivity index (χ0n) is 11.8. The molecule has 2 N–H and O–H groups in total. The number of benzene rings is 1. The molecule has 2 amide bonds. The van der Waals surface area contributed by atoms with E-state index >= 15 is 0 Å². The van der Waals surface area contributed by atoms with E-state index in [2.05, 4.69) is 26.6 Å². The molecule has 0 unspecified atom stereocenters. The Kier molecular flexibility index (Phi) is 4.80. The molecule has 1 heterocycles. The van der Waals surface area contributed by atoms with E-state index in [1.54, 1.807) is 29.8 Å². The molecule has 1 aromatic heterocycles. The fourth-order valence-electron chi connectivity index (χ4n) is 1.94. The molecule has 2 rings (SSSR count). The van der Waals surface area contributed by atoms with Crippen molar-refractivity contribution in [2.45, 2.75) is 6.54 Å². The van der Waals surface area contributed by atoms with Gasteiger partial charge in [-0.15, -0.1) is 0 Å². The Morgan fingerprint density at radius 1 is 1.19 bits per heavy atom. The average Bonchev–Trinajstić information content (AvgIpc) is 2.83. The molecule has 110 valence electrons. The van der Waals surface area contributed by atoms with Crippen molar-refractivity contribution < 1.29 is 9.59 Å². The summed E-state index contributed by atoms with van der Waals surface area (Å²) in [6.45, 7) is 0.412. The number of aryl methyl sites for hydroxylation is 1. The van der Waals surface area contributed by atoms with Gasteiger partial charge in [-0.05, 0) is 39.7 Å². The summed E-state index contributed by atoms with van der Waals surface area (Å²) in [5.41, 5.74) is 2.12. The number of hydrogen-bond acceptors (Lipinski definition) is 2. The number of carbonyl (C=O) groups excluding carboxylic acids is 2. The number of aromatic nitrogens is 1. The molecule has 0 fully saturated rings. The zero-order chi connectivity index (χ0) is 15.4. The maximum atomic E-state index is 12.1. The number of carbonyl (C=O) groups is 2. The molecule has 1 aromatic carbocycles. The van der Waals surface area contributed by atoms with Crippen LogP contribution in [0.15, 0.2) is 41.0 Å². The van der Waals surface area contributed by atoms with Gasteiger partial charge in [-0.1, -0.05) is 12.1 Å². The predicted octanol–water partition coefficient (Wildman–Crippen LogP) is 2.08. The lowest BCUT2D eigenvalue weighted by Crippen LogP contribution is -2.24.